The molecular weight excluding hydrogens is 210 g/mol. The standard InChI is InChI=1S/C11H21NO2S/c1-4-15-10-7-5-6-9(10)12-11(13)14-8(2)3/h8-10H,4-7H2,1-3H3,(H,12,13). The van der Waals surface area contributed by atoms with Crippen LogP contribution in [0.4, 0.5) is 4.79 Å². The van der Waals surface area contributed by atoms with E-state index in [0.717, 1.165) is 12.2 Å². The normalized spacial score (nSPS) is 25.6. The van der Waals surface area contributed by atoms with E-state index < -0.39 is 0 Å². The van der Waals surface area contributed by atoms with Gasteiger partial charge in [-0.25, -0.2) is 4.79 Å². The van der Waals surface area contributed by atoms with Crippen LogP contribution in [0.2, 0.25) is 0 Å². The van der Waals surface area contributed by atoms with E-state index in [9.17, 15) is 4.79 Å². The lowest BCUT2D eigenvalue weighted by atomic mass is 10.2. The van der Waals surface area contributed by atoms with Gasteiger partial charge in [0, 0.05) is 11.3 Å². The van der Waals surface area contributed by atoms with Gasteiger partial charge in [-0.1, -0.05) is 13.3 Å². The summed E-state index contributed by atoms with van der Waals surface area (Å²) in [7, 11) is 0. The summed E-state index contributed by atoms with van der Waals surface area (Å²) in [5, 5.41) is 3.54. The minimum Gasteiger partial charge on any atom is -0.447 e. The zero-order chi connectivity index (χ0) is 11.3. The predicted octanol–water partition coefficient (Wildman–Crippen LogP) is 2.80. The van der Waals surface area contributed by atoms with Gasteiger partial charge >= 0.3 is 6.09 Å². The molecule has 3 nitrogen and oxygen atoms in total. The van der Waals surface area contributed by atoms with Crippen LogP contribution >= 0.6 is 11.8 Å². The van der Waals surface area contributed by atoms with E-state index >= 15 is 0 Å². The van der Waals surface area contributed by atoms with E-state index in [4.69, 9.17) is 4.74 Å². The molecule has 88 valence electrons. The van der Waals surface area contributed by atoms with Crippen LogP contribution in [-0.2, 0) is 4.74 Å². The summed E-state index contributed by atoms with van der Waals surface area (Å²) >= 11 is 1.94. The molecule has 15 heavy (non-hydrogen) atoms. The van der Waals surface area contributed by atoms with E-state index in [1.807, 2.05) is 25.6 Å². The largest absolute Gasteiger partial charge is 0.447 e. The van der Waals surface area contributed by atoms with Crippen molar-refractivity contribution < 1.29 is 9.53 Å². The van der Waals surface area contributed by atoms with Crippen molar-refractivity contribution in [1.82, 2.24) is 5.32 Å². The van der Waals surface area contributed by atoms with Gasteiger partial charge in [0.2, 0.25) is 0 Å². The highest BCUT2D eigenvalue weighted by molar-refractivity contribution is 7.99. The van der Waals surface area contributed by atoms with Gasteiger partial charge in [-0.3, -0.25) is 0 Å². The third-order valence-electron chi connectivity index (χ3n) is 2.48. The topological polar surface area (TPSA) is 38.3 Å². The number of nitrogens with one attached hydrogen (secondary N) is 1. The van der Waals surface area contributed by atoms with Crippen LogP contribution in [0, 0.1) is 0 Å². The van der Waals surface area contributed by atoms with E-state index in [1.54, 1.807) is 0 Å². The third kappa shape index (κ3) is 4.33. The van der Waals surface area contributed by atoms with Crippen LogP contribution in [0.3, 0.4) is 0 Å². The van der Waals surface area contributed by atoms with Crippen molar-refractivity contribution in [3.8, 4) is 0 Å². The van der Waals surface area contributed by atoms with Crippen molar-refractivity contribution in [3.63, 3.8) is 0 Å². The quantitative estimate of drug-likeness (QED) is 0.808. The fraction of sp³-hybridized carbons (Fsp3) is 0.909. The number of amides is 1. The zero-order valence-electron chi connectivity index (χ0n) is 9.79. The van der Waals surface area contributed by atoms with Crippen LogP contribution in [0.1, 0.15) is 40.0 Å². The predicted molar refractivity (Wildman–Crippen MR) is 64.3 cm³/mol. The molecule has 0 bridgehead atoms. The van der Waals surface area contributed by atoms with Gasteiger partial charge in [-0.05, 0) is 32.4 Å². The molecule has 1 amide bonds. The van der Waals surface area contributed by atoms with Crippen LogP contribution in [0.15, 0.2) is 0 Å². The lowest BCUT2D eigenvalue weighted by Crippen LogP contribution is -2.39. The molecule has 4 heteroatoms. The number of rotatable bonds is 4. The van der Waals surface area contributed by atoms with E-state index in [-0.39, 0.29) is 12.2 Å². The lowest BCUT2D eigenvalue weighted by molar-refractivity contribution is 0.112. The zero-order valence-corrected chi connectivity index (χ0v) is 10.6. The van der Waals surface area contributed by atoms with Crippen molar-refractivity contribution in [2.45, 2.75) is 57.4 Å². The summed E-state index contributed by atoms with van der Waals surface area (Å²) in [5.41, 5.74) is 0. The molecule has 1 aliphatic carbocycles. The first-order valence-corrected chi connectivity index (χ1v) is 6.77. The maximum Gasteiger partial charge on any atom is 0.407 e. The monoisotopic (exact) mass is 231 g/mol. The maximum atomic E-state index is 11.4. The maximum absolute atomic E-state index is 11.4. The Bertz CT molecular complexity index is 209. The number of ether oxygens (including phenoxy) is 1. The van der Waals surface area contributed by atoms with Crippen LogP contribution < -0.4 is 5.32 Å². The fourth-order valence-corrected chi connectivity index (χ4v) is 3.10. The first kappa shape index (κ1) is 12.7. The number of carbonyl (C=O) groups is 1. The van der Waals surface area contributed by atoms with Crippen molar-refractivity contribution in [3.05, 3.63) is 0 Å². The highest BCUT2D eigenvalue weighted by Crippen LogP contribution is 2.29. The molecule has 1 aliphatic rings. The molecule has 0 aromatic heterocycles. The average molecular weight is 231 g/mol. The molecule has 0 saturated heterocycles. The number of hydrogen-bond donors (Lipinski definition) is 1. The van der Waals surface area contributed by atoms with Crippen molar-refractivity contribution in [2.75, 3.05) is 5.75 Å². The summed E-state index contributed by atoms with van der Waals surface area (Å²) < 4.78 is 5.08. The molecule has 0 radical (unpaired) electrons. The Hall–Kier alpha value is -0.380. The van der Waals surface area contributed by atoms with Gasteiger partial charge in [0.05, 0.1) is 6.10 Å². The second-order valence-corrected chi connectivity index (χ2v) is 5.65. The smallest absolute Gasteiger partial charge is 0.407 e. The van der Waals surface area contributed by atoms with Gasteiger partial charge in [0.25, 0.3) is 0 Å². The fourth-order valence-electron chi connectivity index (χ4n) is 1.90. The van der Waals surface area contributed by atoms with Crippen molar-refractivity contribution >= 4 is 17.9 Å². The molecule has 1 rings (SSSR count). The second kappa shape index (κ2) is 6.26. The summed E-state index contributed by atoms with van der Waals surface area (Å²) in [4.78, 5) is 11.4. The van der Waals surface area contributed by atoms with Crippen molar-refractivity contribution in [1.29, 1.82) is 0 Å². The Morgan fingerprint density at radius 3 is 2.87 bits per heavy atom. The molecule has 1 fully saturated rings. The van der Waals surface area contributed by atoms with Crippen molar-refractivity contribution in [2.24, 2.45) is 0 Å². The van der Waals surface area contributed by atoms with Crippen LogP contribution in [-0.4, -0.2) is 29.2 Å². The second-order valence-electron chi connectivity index (χ2n) is 4.13. The molecule has 1 saturated carbocycles. The highest BCUT2D eigenvalue weighted by Gasteiger charge is 2.28. The minimum atomic E-state index is -0.265. The first-order valence-electron chi connectivity index (χ1n) is 5.72. The number of hydrogen-bond acceptors (Lipinski definition) is 3. The average Bonchev–Trinajstić information content (AvgIpc) is 2.52. The van der Waals surface area contributed by atoms with Crippen LogP contribution in [0.25, 0.3) is 0 Å². The van der Waals surface area contributed by atoms with Gasteiger partial charge in [-0.2, -0.15) is 11.8 Å². The molecule has 0 heterocycles. The highest BCUT2D eigenvalue weighted by atomic mass is 32.2. The molecule has 0 aromatic rings. The molecule has 0 spiro atoms. The molecular formula is C11H21NO2S. The van der Waals surface area contributed by atoms with Gasteiger partial charge in [-0.15, -0.1) is 0 Å². The molecule has 0 aromatic carbocycles. The minimum absolute atomic E-state index is 0.0383. The molecule has 0 aliphatic heterocycles. The van der Waals surface area contributed by atoms with E-state index in [0.29, 0.717) is 11.3 Å². The summed E-state index contributed by atoms with van der Waals surface area (Å²) in [6.07, 6.45) is 3.21. The number of carbonyl (C=O) groups excluding carboxylic acids is 1. The lowest BCUT2D eigenvalue weighted by Gasteiger charge is -2.20. The van der Waals surface area contributed by atoms with Crippen LogP contribution in [0.5, 0.6) is 0 Å². The Kier molecular flexibility index (Phi) is 5.29. The molecule has 1 N–H and O–H groups in total. The summed E-state index contributed by atoms with van der Waals surface area (Å²) in [5.74, 6) is 1.11. The summed E-state index contributed by atoms with van der Waals surface area (Å²) in [6, 6.07) is 0.307. The number of thioether (sulfide) groups is 1. The van der Waals surface area contributed by atoms with Gasteiger partial charge in [0.15, 0.2) is 0 Å². The Balaban J connectivity index is 2.33. The van der Waals surface area contributed by atoms with Gasteiger partial charge in [0.1, 0.15) is 0 Å². The Labute approximate surface area is 96.3 Å². The third-order valence-corrected chi connectivity index (χ3v) is 3.81. The molecule has 2 atom stereocenters. The number of alkyl carbamates (subject to hydrolysis) is 1. The molecule has 2 unspecified atom stereocenters. The van der Waals surface area contributed by atoms with E-state index in [2.05, 4.69) is 12.2 Å². The summed E-state index contributed by atoms with van der Waals surface area (Å²) in [6.45, 7) is 5.89. The van der Waals surface area contributed by atoms with E-state index in [1.165, 1.54) is 12.8 Å². The van der Waals surface area contributed by atoms with Gasteiger partial charge < -0.3 is 10.1 Å². The first-order chi connectivity index (χ1) is 7.13. The Morgan fingerprint density at radius 2 is 2.27 bits per heavy atom. The Morgan fingerprint density at radius 1 is 1.53 bits per heavy atom. The SMILES string of the molecule is CCSC1CCCC1NC(=O)OC(C)C.